The van der Waals surface area contributed by atoms with Crippen LogP contribution in [-0.2, 0) is 28.5 Å². The minimum atomic E-state index is -5.08. The topological polar surface area (TPSA) is 121 Å². The summed E-state index contributed by atoms with van der Waals surface area (Å²) in [5, 5.41) is 12.2. The Morgan fingerprint density at radius 3 is 1.96 bits per heavy atom. The molecule has 0 aliphatic carbocycles. The first kappa shape index (κ1) is 37.4. The van der Waals surface area contributed by atoms with Gasteiger partial charge in [0.15, 0.2) is 0 Å². The number of nitrogens with one attached hydrogen (secondary N) is 2. The van der Waals surface area contributed by atoms with Crippen LogP contribution in [0.15, 0.2) is 72.9 Å². The highest BCUT2D eigenvalue weighted by atomic mass is 19.4. The number of alkyl halides is 9. The summed E-state index contributed by atoms with van der Waals surface area (Å²) in [6.07, 6.45) is -13.2. The van der Waals surface area contributed by atoms with E-state index in [-0.39, 0.29) is 25.3 Å². The zero-order valence-corrected chi connectivity index (χ0v) is 24.5. The highest BCUT2D eigenvalue weighted by molar-refractivity contribution is 5.75. The van der Waals surface area contributed by atoms with Crippen LogP contribution in [0, 0.1) is 0 Å². The number of aliphatic carboxylic acids is 1. The third-order valence-electron chi connectivity index (χ3n) is 6.80. The summed E-state index contributed by atoms with van der Waals surface area (Å²) >= 11 is 0. The van der Waals surface area contributed by atoms with Gasteiger partial charge in [-0.25, -0.2) is 14.4 Å². The smallest absolute Gasteiger partial charge is 0.475 e. The zero-order chi connectivity index (χ0) is 35.7. The molecule has 3 amide bonds. The van der Waals surface area contributed by atoms with E-state index in [2.05, 4.69) is 15.6 Å². The summed E-state index contributed by atoms with van der Waals surface area (Å²) in [6.45, 7) is 0.664. The molecule has 1 saturated heterocycles. The van der Waals surface area contributed by atoms with E-state index in [0.717, 1.165) is 48.2 Å². The maximum absolute atomic E-state index is 13.7. The van der Waals surface area contributed by atoms with E-state index < -0.39 is 65.5 Å². The third kappa shape index (κ3) is 11.0. The number of benzene rings is 2. The monoisotopic (exact) mass is 694 g/mol. The lowest BCUT2D eigenvalue weighted by molar-refractivity contribution is -0.192. The molecule has 0 saturated carbocycles. The Balaban J connectivity index is 0.000000804. The standard InChI is InChI=1S/C28H26F6N4O3.C2HF3O2/c29-27(30,31)20-10-8-19(9-11-20)23(24-22(28(32,33)34)7-4-14-35-24)37-25(39)36-21-12-15-38(16-13-21)26(40)41-17-18-5-2-1-3-6-18;3-2(4,5)1(6)7/h1-11,14,21,23H,12-13,15-17H2,(H2,36,37,39);(H,6,7)/t23-;/m0./s1. The van der Waals surface area contributed by atoms with Crippen molar-refractivity contribution in [3.63, 3.8) is 0 Å². The Morgan fingerprint density at radius 1 is 0.854 bits per heavy atom. The van der Waals surface area contributed by atoms with Gasteiger partial charge in [-0.2, -0.15) is 39.5 Å². The van der Waals surface area contributed by atoms with Crippen molar-refractivity contribution >= 4 is 18.1 Å². The van der Waals surface area contributed by atoms with E-state index in [0.29, 0.717) is 12.8 Å². The van der Waals surface area contributed by atoms with Gasteiger partial charge < -0.3 is 25.4 Å². The maximum atomic E-state index is 13.7. The van der Waals surface area contributed by atoms with Gasteiger partial charge in [0.2, 0.25) is 0 Å². The number of ether oxygens (including phenoxy) is 1. The number of carboxylic acid groups (broad SMARTS) is 1. The van der Waals surface area contributed by atoms with E-state index in [9.17, 15) is 49.1 Å². The van der Waals surface area contributed by atoms with Crippen molar-refractivity contribution < 1.29 is 63.7 Å². The third-order valence-corrected chi connectivity index (χ3v) is 6.80. The average molecular weight is 695 g/mol. The lowest BCUT2D eigenvalue weighted by atomic mass is 9.97. The molecule has 3 aromatic rings. The second kappa shape index (κ2) is 15.7. The highest BCUT2D eigenvalue weighted by Gasteiger charge is 2.39. The number of nitrogens with zero attached hydrogens (tertiary/aromatic N) is 2. The predicted octanol–water partition coefficient (Wildman–Crippen LogP) is 6.94. The molecule has 0 radical (unpaired) electrons. The van der Waals surface area contributed by atoms with Gasteiger partial charge >= 0.3 is 36.6 Å². The molecule has 48 heavy (non-hydrogen) atoms. The molecule has 9 nitrogen and oxygen atoms in total. The minimum Gasteiger partial charge on any atom is -0.475 e. The number of likely N-dealkylation sites (tertiary alicyclic amines) is 1. The SMILES string of the molecule is O=C(NC1CCN(C(=O)OCc2ccccc2)CC1)N[C@@H](c1ccc(C(F)(F)F)cc1)c1ncccc1C(F)(F)F.O=C(O)C(F)(F)F. The Hall–Kier alpha value is -5.03. The number of hydrogen-bond acceptors (Lipinski definition) is 5. The van der Waals surface area contributed by atoms with Crippen LogP contribution >= 0.6 is 0 Å². The first-order valence-electron chi connectivity index (χ1n) is 13.9. The molecule has 0 unspecified atom stereocenters. The van der Waals surface area contributed by atoms with Crippen molar-refractivity contribution in [1.82, 2.24) is 20.5 Å². The van der Waals surface area contributed by atoms with E-state index in [4.69, 9.17) is 14.6 Å². The Morgan fingerprint density at radius 2 is 1.44 bits per heavy atom. The molecule has 2 aromatic carbocycles. The molecule has 260 valence electrons. The van der Waals surface area contributed by atoms with Gasteiger partial charge in [-0.1, -0.05) is 42.5 Å². The fraction of sp³-hybridized carbons (Fsp3) is 0.333. The van der Waals surface area contributed by atoms with Crippen LogP contribution in [0.4, 0.5) is 49.1 Å². The molecule has 18 heteroatoms. The lowest BCUT2D eigenvalue weighted by Gasteiger charge is -2.32. The van der Waals surface area contributed by atoms with Crippen molar-refractivity contribution in [2.24, 2.45) is 0 Å². The van der Waals surface area contributed by atoms with Crippen LogP contribution in [0.2, 0.25) is 0 Å². The highest BCUT2D eigenvalue weighted by Crippen LogP contribution is 2.36. The van der Waals surface area contributed by atoms with Gasteiger partial charge in [0.1, 0.15) is 6.61 Å². The van der Waals surface area contributed by atoms with Crippen molar-refractivity contribution in [3.8, 4) is 0 Å². The first-order valence-corrected chi connectivity index (χ1v) is 13.9. The van der Waals surface area contributed by atoms with Crippen molar-refractivity contribution in [1.29, 1.82) is 0 Å². The normalized spacial score (nSPS) is 14.6. The van der Waals surface area contributed by atoms with E-state index in [1.165, 1.54) is 4.90 Å². The number of rotatable bonds is 6. The van der Waals surface area contributed by atoms with E-state index >= 15 is 0 Å². The first-order chi connectivity index (χ1) is 22.4. The summed E-state index contributed by atoms with van der Waals surface area (Å²) < 4.78 is 117. The van der Waals surface area contributed by atoms with Crippen LogP contribution < -0.4 is 10.6 Å². The largest absolute Gasteiger partial charge is 0.490 e. The molecule has 0 spiro atoms. The Labute approximate surface area is 266 Å². The number of pyridine rings is 1. The van der Waals surface area contributed by atoms with Gasteiger partial charge in [0.05, 0.1) is 22.9 Å². The number of carbonyl (C=O) groups is 3. The number of carbonyl (C=O) groups excluding carboxylic acids is 2. The molecule has 1 atom stereocenters. The molecule has 4 rings (SSSR count). The molecular formula is C30H27F9N4O5. The summed E-state index contributed by atoms with van der Waals surface area (Å²) in [7, 11) is 0. The summed E-state index contributed by atoms with van der Waals surface area (Å²) in [6, 6.07) is 11.7. The number of halogens is 9. The summed E-state index contributed by atoms with van der Waals surface area (Å²) in [5.74, 6) is -2.76. The molecule has 2 heterocycles. The predicted molar refractivity (Wildman–Crippen MR) is 149 cm³/mol. The number of amides is 3. The number of aromatic nitrogens is 1. The Bertz CT molecular complexity index is 1520. The van der Waals surface area contributed by atoms with Crippen LogP contribution in [-0.4, -0.2) is 58.4 Å². The second-order valence-corrected chi connectivity index (χ2v) is 10.2. The number of piperidine rings is 1. The van der Waals surface area contributed by atoms with E-state index in [1.807, 2.05) is 30.3 Å². The number of urea groups is 1. The number of hydrogen-bond donors (Lipinski definition) is 3. The van der Waals surface area contributed by atoms with Gasteiger partial charge in [0.25, 0.3) is 0 Å². The zero-order valence-electron chi connectivity index (χ0n) is 24.5. The molecular weight excluding hydrogens is 667 g/mol. The maximum Gasteiger partial charge on any atom is 0.490 e. The van der Waals surface area contributed by atoms with Gasteiger partial charge in [-0.3, -0.25) is 4.98 Å². The van der Waals surface area contributed by atoms with Gasteiger partial charge in [0, 0.05) is 25.3 Å². The van der Waals surface area contributed by atoms with Crippen molar-refractivity contribution in [2.45, 2.75) is 50.1 Å². The second-order valence-electron chi connectivity index (χ2n) is 10.2. The lowest BCUT2D eigenvalue weighted by Crippen LogP contribution is -2.50. The van der Waals surface area contributed by atoms with E-state index in [1.54, 1.807) is 0 Å². The molecule has 1 aromatic heterocycles. The van der Waals surface area contributed by atoms with Gasteiger partial charge in [-0.15, -0.1) is 0 Å². The molecule has 1 aliphatic rings. The fourth-order valence-corrected chi connectivity index (χ4v) is 4.44. The van der Waals surface area contributed by atoms with Crippen LogP contribution in [0.25, 0.3) is 0 Å². The van der Waals surface area contributed by atoms with Crippen molar-refractivity contribution in [2.75, 3.05) is 13.1 Å². The average Bonchev–Trinajstić information content (AvgIpc) is 3.02. The molecule has 1 fully saturated rings. The molecule has 3 N–H and O–H groups in total. The van der Waals surface area contributed by atoms with Crippen LogP contribution in [0.1, 0.15) is 46.8 Å². The minimum absolute atomic E-state index is 0.0201. The number of carboxylic acids is 1. The Kier molecular flexibility index (Phi) is 12.2. The summed E-state index contributed by atoms with van der Waals surface area (Å²) in [4.78, 5) is 39.5. The fourth-order valence-electron chi connectivity index (χ4n) is 4.44. The summed E-state index contributed by atoms with van der Waals surface area (Å²) in [5.41, 5.74) is -1.87. The van der Waals surface area contributed by atoms with Crippen molar-refractivity contribution in [3.05, 3.63) is 101 Å². The van der Waals surface area contributed by atoms with Crippen LogP contribution in [0.3, 0.4) is 0 Å². The van der Waals surface area contributed by atoms with Gasteiger partial charge in [-0.05, 0) is 48.2 Å². The molecule has 0 bridgehead atoms. The molecule has 1 aliphatic heterocycles. The van der Waals surface area contributed by atoms with Crippen LogP contribution in [0.5, 0.6) is 0 Å². The quantitative estimate of drug-likeness (QED) is 0.241.